The summed E-state index contributed by atoms with van der Waals surface area (Å²) < 4.78 is 0. The minimum atomic E-state index is -0.717. The highest BCUT2D eigenvalue weighted by atomic mass is 16.3. The molecule has 5 rings (SSSR count). The van der Waals surface area contributed by atoms with Gasteiger partial charge in [0.2, 0.25) is 11.8 Å². The molecule has 2 aliphatic heterocycles. The molecule has 1 spiro atoms. The highest BCUT2D eigenvalue weighted by molar-refractivity contribution is 5.91. The average Bonchev–Trinajstić information content (AvgIpc) is 3.54. The first-order valence-corrected chi connectivity index (χ1v) is 16.0. The Balaban J connectivity index is 1.49. The molecule has 1 aliphatic carbocycles. The molecule has 2 aromatic carbocycles. The minimum absolute atomic E-state index is 0.0411. The zero-order valence-electron chi connectivity index (χ0n) is 26.2. The zero-order chi connectivity index (χ0) is 30.6. The van der Waals surface area contributed by atoms with Crippen LogP contribution in [0.4, 0.5) is 5.69 Å². The van der Waals surface area contributed by atoms with E-state index in [1.54, 1.807) is 11.9 Å². The van der Waals surface area contributed by atoms with Gasteiger partial charge in [-0.3, -0.25) is 9.59 Å². The molecular weight excluding hydrogens is 540 g/mol. The predicted octanol–water partition coefficient (Wildman–Crippen LogP) is 4.27. The standard InChI is InChI=1S/C34H50N6O3/c1-33(2,3)30(32(43)39-23-27(41)21-28(39)31(42)35-4)40-34(18-11-6-5-7-12-19-34)29(37-38-40)25-16-13-17-26(20-25)36-22-24-14-9-8-10-15-24/h8-10,13-17,20,27-30,36-38,41H,5-7,11-12,18-19,21-23H2,1-4H3,(H,35,42)/t27-,28+,29?,30-/m1/s1. The number of anilines is 1. The maximum absolute atomic E-state index is 14.6. The Bertz CT molecular complexity index is 1240. The summed E-state index contributed by atoms with van der Waals surface area (Å²) in [5, 5.41) is 19.0. The number of likely N-dealkylation sites (tertiary alicyclic amines) is 1. The lowest BCUT2D eigenvalue weighted by Gasteiger charge is -2.49. The van der Waals surface area contributed by atoms with Gasteiger partial charge in [0, 0.05) is 32.2 Å². The van der Waals surface area contributed by atoms with E-state index >= 15 is 0 Å². The maximum Gasteiger partial charge on any atom is 0.242 e. The van der Waals surface area contributed by atoms with Crippen molar-refractivity contribution in [2.24, 2.45) is 5.41 Å². The van der Waals surface area contributed by atoms with Gasteiger partial charge in [-0.25, -0.2) is 10.4 Å². The van der Waals surface area contributed by atoms with Crippen LogP contribution in [0.3, 0.4) is 0 Å². The Labute approximate surface area is 256 Å². The van der Waals surface area contributed by atoms with Crippen LogP contribution in [-0.4, -0.2) is 64.1 Å². The molecular formula is C34H50N6O3. The summed E-state index contributed by atoms with van der Waals surface area (Å²) in [6.07, 6.45) is 7.17. The van der Waals surface area contributed by atoms with Crippen LogP contribution in [0.15, 0.2) is 54.6 Å². The number of hydrazine groups is 2. The van der Waals surface area contributed by atoms with Crippen LogP contribution in [0.25, 0.3) is 0 Å². The number of nitrogens with zero attached hydrogens (tertiary/aromatic N) is 2. The molecule has 0 bridgehead atoms. The summed E-state index contributed by atoms with van der Waals surface area (Å²) in [5.41, 5.74) is 9.82. The van der Waals surface area contributed by atoms with E-state index in [1.807, 2.05) is 6.07 Å². The van der Waals surface area contributed by atoms with E-state index in [4.69, 9.17) is 0 Å². The fourth-order valence-corrected chi connectivity index (χ4v) is 7.41. The Morgan fingerprint density at radius 2 is 1.72 bits per heavy atom. The Morgan fingerprint density at radius 3 is 2.40 bits per heavy atom. The summed E-state index contributed by atoms with van der Waals surface area (Å²) in [5.74, 6) is -0.351. The topological polar surface area (TPSA) is 109 Å². The third-order valence-electron chi connectivity index (χ3n) is 9.55. The largest absolute Gasteiger partial charge is 0.391 e. The van der Waals surface area contributed by atoms with Gasteiger partial charge in [-0.15, -0.1) is 0 Å². The molecule has 9 nitrogen and oxygen atoms in total. The Kier molecular flexibility index (Phi) is 9.76. The Hall–Kier alpha value is -2.98. The quantitative estimate of drug-likeness (QED) is 0.328. The molecule has 43 heavy (non-hydrogen) atoms. The fraction of sp³-hybridized carbons (Fsp3) is 0.588. The SMILES string of the molecule is CNC(=O)[C@@H]1C[C@@H](O)CN1C(=O)[C@@H](N1NNC(c2cccc(NCc3ccccc3)c2)C12CCCCCCC2)C(C)(C)C. The van der Waals surface area contributed by atoms with E-state index in [-0.39, 0.29) is 36.4 Å². The van der Waals surface area contributed by atoms with Crippen LogP contribution >= 0.6 is 0 Å². The lowest BCUT2D eigenvalue weighted by atomic mass is 9.73. The summed E-state index contributed by atoms with van der Waals surface area (Å²) in [7, 11) is 1.58. The molecule has 4 atom stereocenters. The van der Waals surface area contributed by atoms with Crippen LogP contribution in [0.5, 0.6) is 0 Å². The lowest BCUT2D eigenvalue weighted by molar-refractivity contribution is -0.152. The molecule has 1 unspecified atom stereocenters. The van der Waals surface area contributed by atoms with Gasteiger partial charge in [-0.1, -0.05) is 95.3 Å². The fourth-order valence-electron chi connectivity index (χ4n) is 7.41. The summed E-state index contributed by atoms with van der Waals surface area (Å²) in [6, 6.07) is 17.8. The number of β-amino-alcohol motifs (C(OH)–C–C–N with tert-alkyl or cyclic N) is 1. The van der Waals surface area contributed by atoms with E-state index in [2.05, 4.69) is 95.9 Å². The van der Waals surface area contributed by atoms with Gasteiger partial charge >= 0.3 is 0 Å². The van der Waals surface area contributed by atoms with Crippen LogP contribution < -0.4 is 21.6 Å². The van der Waals surface area contributed by atoms with Crippen molar-refractivity contribution in [2.75, 3.05) is 18.9 Å². The molecule has 2 heterocycles. The van der Waals surface area contributed by atoms with E-state index in [0.29, 0.717) is 0 Å². The van der Waals surface area contributed by atoms with Crippen LogP contribution in [0.2, 0.25) is 0 Å². The van der Waals surface area contributed by atoms with Crippen molar-refractivity contribution in [3.8, 4) is 0 Å². The molecule has 5 N–H and O–H groups in total. The van der Waals surface area contributed by atoms with Crippen molar-refractivity contribution in [1.29, 1.82) is 0 Å². The van der Waals surface area contributed by atoms with Gasteiger partial charge in [-0.05, 0) is 41.5 Å². The third kappa shape index (κ3) is 6.75. The van der Waals surface area contributed by atoms with Gasteiger partial charge in [0.05, 0.1) is 17.7 Å². The molecule has 3 fully saturated rings. The van der Waals surface area contributed by atoms with Crippen LogP contribution in [0, 0.1) is 5.41 Å². The van der Waals surface area contributed by atoms with E-state index in [1.165, 1.54) is 30.4 Å². The number of aliphatic hydroxyl groups is 1. The average molecular weight is 591 g/mol. The van der Waals surface area contributed by atoms with Crippen molar-refractivity contribution in [3.05, 3.63) is 65.7 Å². The van der Waals surface area contributed by atoms with E-state index < -0.39 is 23.6 Å². The molecule has 2 amide bonds. The monoisotopic (exact) mass is 590 g/mol. The number of rotatable bonds is 7. The number of hydrogen-bond acceptors (Lipinski definition) is 7. The first kappa shape index (κ1) is 31.4. The van der Waals surface area contributed by atoms with E-state index in [0.717, 1.165) is 37.9 Å². The minimum Gasteiger partial charge on any atom is -0.391 e. The highest BCUT2D eigenvalue weighted by Crippen LogP contribution is 2.47. The van der Waals surface area contributed by atoms with Crippen molar-refractivity contribution < 1.29 is 14.7 Å². The number of aliphatic hydroxyl groups excluding tert-OH is 1. The normalized spacial score (nSPS) is 25.2. The highest BCUT2D eigenvalue weighted by Gasteiger charge is 2.57. The summed E-state index contributed by atoms with van der Waals surface area (Å²) >= 11 is 0. The molecule has 2 aromatic rings. The van der Waals surface area contributed by atoms with Gasteiger partial charge in [0.25, 0.3) is 0 Å². The molecule has 0 radical (unpaired) electrons. The third-order valence-corrected chi connectivity index (χ3v) is 9.55. The van der Waals surface area contributed by atoms with Crippen LogP contribution in [0.1, 0.15) is 89.3 Å². The van der Waals surface area contributed by atoms with Crippen molar-refractivity contribution in [3.63, 3.8) is 0 Å². The second kappa shape index (κ2) is 13.3. The van der Waals surface area contributed by atoms with Crippen molar-refractivity contribution in [1.82, 2.24) is 26.2 Å². The second-order valence-electron chi connectivity index (χ2n) is 13.7. The number of carbonyl (C=O) groups excluding carboxylic acids is 2. The number of nitrogens with one attached hydrogen (secondary N) is 4. The number of amides is 2. The smallest absolute Gasteiger partial charge is 0.242 e. The first-order chi connectivity index (χ1) is 20.6. The van der Waals surface area contributed by atoms with Crippen LogP contribution in [-0.2, 0) is 16.1 Å². The van der Waals surface area contributed by atoms with Crippen molar-refractivity contribution >= 4 is 17.5 Å². The zero-order valence-corrected chi connectivity index (χ0v) is 26.2. The van der Waals surface area contributed by atoms with Gasteiger partial charge in [-0.2, -0.15) is 5.53 Å². The van der Waals surface area contributed by atoms with Crippen molar-refractivity contribution in [2.45, 2.75) is 108 Å². The second-order valence-corrected chi connectivity index (χ2v) is 13.7. The van der Waals surface area contributed by atoms with Gasteiger partial charge < -0.3 is 20.6 Å². The molecule has 234 valence electrons. The first-order valence-electron chi connectivity index (χ1n) is 16.0. The molecule has 1 saturated carbocycles. The Morgan fingerprint density at radius 1 is 1.02 bits per heavy atom. The predicted molar refractivity (Wildman–Crippen MR) is 170 cm³/mol. The molecule has 3 aliphatic rings. The molecule has 2 saturated heterocycles. The number of hydrogen-bond donors (Lipinski definition) is 5. The summed E-state index contributed by atoms with van der Waals surface area (Å²) in [4.78, 5) is 29.0. The number of benzene rings is 2. The van der Waals surface area contributed by atoms with Gasteiger partial charge in [0.1, 0.15) is 12.1 Å². The van der Waals surface area contributed by atoms with E-state index in [9.17, 15) is 14.7 Å². The number of carbonyl (C=O) groups is 2. The summed E-state index contributed by atoms with van der Waals surface area (Å²) in [6.45, 7) is 7.19. The number of likely N-dealkylation sites (N-methyl/N-ethyl adjacent to an activating group) is 1. The lowest BCUT2D eigenvalue weighted by Crippen LogP contribution is -2.65. The maximum atomic E-state index is 14.6. The molecule has 9 heteroatoms. The van der Waals surface area contributed by atoms with Gasteiger partial charge in [0.15, 0.2) is 0 Å². The molecule has 0 aromatic heterocycles.